The van der Waals surface area contributed by atoms with Crippen LogP contribution in [0.25, 0.3) is 0 Å². The number of likely N-dealkylation sites (tertiary alicyclic amines) is 1. The number of rotatable bonds is 3. The van der Waals surface area contributed by atoms with Crippen LogP contribution in [-0.4, -0.2) is 24.0 Å². The predicted octanol–water partition coefficient (Wildman–Crippen LogP) is 4.08. The highest BCUT2D eigenvalue weighted by molar-refractivity contribution is 4.81. The largest absolute Gasteiger partial charge is 0.300 e. The maximum Gasteiger partial charge on any atom is 0.00954 e. The Morgan fingerprint density at radius 3 is 2.12 bits per heavy atom. The van der Waals surface area contributed by atoms with Gasteiger partial charge in [0, 0.05) is 6.04 Å². The van der Waals surface area contributed by atoms with Crippen LogP contribution in [0.2, 0.25) is 0 Å². The molecule has 0 bridgehead atoms. The van der Waals surface area contributed by atoms with Crippen LogP contribution in [0.5, 0.6) is 0 Å². The Morgan fingerprint density at radius 2 is 1.56 bits per heavy atom. The molecule has 1 saturated heterocycles. The van der Waals surface area contributed by atoms with Gasteiger partial charge in [0.05, 0.1) is 0 Å². The summed E-state index contributed by atoms with van der Waals surface area (Å²) in [7, 11) is 0. The monoisotopic (exact) mass is 223 g/mol. The van der Waals surface area contributed by atoms with Crippen LogP contribution in [0.15, 0.2) is 0 Å². The van der Waals surface area contributed by atoms with E-state index in [0.717, 1.165) is 17.9 Å². The maximum atomic E-state index is 2.79. The van der Waals surface area contributed by atoms with E-state index in [2.05, 4.69) is 18.7 Å². The summed E-state index contributed by atoms with van der Waals surface area (Å²) in [5.74, 6) is 1.94. The van der Waals surface area contributed by atoms with Gasteiger partial charge in [0.15, 0.2) is 0 Å². The van der Waals surface area contributed by atoms with E-state index in [1.807, 2.05) is 0 Å². The van der Waals surface area contributed by atoms with Crippen LogP contribution >= 0.6 is 0 Å². The molecule has 0 radical (unpaired) electrons. The average molecular weight is 223 g/mol. The third kappa shape index (κ3) is 3.48. The zero-order valence-corrected chi connectivity index (χ0v) is 11.3. The molecule has 0 spiro atoms. The Labute approximate surface area is 102 Å². The molecular weight excluding hydrogens is 194 g/mol. The van der Waals surface area contributed by atoms with Crippen molar-refractivity contribution < 1.29 is 0 Å². The summed E-state index contributed by atoms with van der Waals surface area (Å²) >= 11 is 0. The van der Waals surface area contributed by atoms with Crippen molar-refractivity contribution in [1.82, 2.24) is 4.90 Å². The van der Waals surface area contributed by atoms with Crippen LogP contribution < -0.4 is 0 Å². The van der Waals surface area contributed by atoms with Gasteiger partial charge in [-0.05, 0) is 69.9 Å². The smallest absolute Gasteiger partial charge is 0.00954 e. The van der Waals surface area contributed by atoms with E-state index in [1.165, 1.54) is 64.5 Å². The molecule has 0 N–H and O–H groups in total. The van der Waals surface area contributed by atoms with E-state index in [1.54, 1.807) is 0 Å². The van der Waals surface area contributed by atoms with Gasteiger partial charge in [-0.1, -0.05) is 20.3 Å². The molecule has 0 aromatic carbocycles. The minimum atomic E-state index is 0.900. The molecule has 16 heavy (non-hydrogen) atoms. The third-order valence-electron chi connectivity index (χ3n) is 4.53. The average Bonchev–Trinajstić information content (AvgIpc) is 2.30. The van der Waals surface area contributed by atoms with Gasteiger partial charge in [0.1, 0.15) is 0 Å². The second-order valence-corrected chi connectivity index (χ2v) is 6.40. The van der Waals surface area contributed by atoms with E-state index >= 15 is 0 Å². The maximum absolute atomic E-state index is 2.79. The Kier molecular flexibility index (Phi) is 4.69. The first-order chi connectivity index (χ1) is 7.75. The number of hydrogen-bond acceptors (Lipinski definition) is 1. The van der Waals surface area contributed by atoms with Crippen LogP contribution in [0.1, 0.15) is 65.2 Å². The van der Waals surface area contributed by atoms with Gasteiger partial charge >= 0.3 is 0 Å². The predicted molar refractivity (Wildman–Crippen MR) is 70.6 cm³/mol. The van der Waals surface area contributed by atoms with Gasteiger partial charge in [-0.3, -0.25) is 0 Å². The summed E-state index contributed by atoms with van der Waals surface area (Å²) in [6.07, 6.45) is 11.8. The van der Waals surface area contributed by atoms with Crippen molar-refractivity contribution in [3.63, 3.8) is 0 Å². The van der Waals surface area contributed by atoms with Gasteiger partial charge < -0.3 is 4.90 Å². The molecule has 2 aliphatic rings. The summed E-state index contributed by atoms with van der Waals surface area (Å²) in [6.45, 7) is 7.52. The van der Waals surface area contributed by atoms with E-state index in [0.29, 0.717) is 0 Å². The zero-order chi connectivity index (χ0) is 11.4. The van der Waals surface area contributed by atoms with E-state index < -0.39 is 0 Å². The standard InChI is InChI=1S/C15H29N/c1-13(2)12-14-6-8-15(9-7-14)16-10-4-3-5-11-16/h13-15H,3-12H2,1-2H3. The summed E-state index contributed by atoms with van der Waals surface area (Å²) in [4.78, 5) is 2.79. The Hall–Kier alpha value is -0.0400. The van der Waals surface area contributed by atoms with Gasteiger partial charge in [-0.15, -0.1) is 0 Å². The summed E-state index contributed by atoms with van der Waals surface area (Å²) in [5, 5.41) is 0. The molecule has 1 saturated carbocycles. The van der Waals surface area contributed by atoms with Crippen molar-refractivity contribution in [2.45, 2.75) is 71.3 Å². The van der Waals surface area contributed by atoms with Crippen molar-refractivity contribution in [3.05, 3.63) is 0 Å². The summed E-state index contributed by atoms with van der Waals surface area (Å²) < 4.78 is 0. The van der Waals surface area contributed by atoms with Crippen molar-refractivity contribution >= 4 is 0 Å². The van der Waals surface area contributed by atoms with Crippen molar-refractivity contribution in [2.24, 2.45) is 11.8 Å². The molecule has 94 valence electrons. The molecular formula is C15H29N. The fraction of sp³-hybridized carbons (Fsp3) is 1.00. The minimum Gasteiger partial charge on any atom is -0.300 e. The second-order valence-electron chi connectivity index (χ2n) is 6.40. The van der Waals surface area contributed by atoms with Crippen LogP contribution in [-0.2, 0) is 0 Å². The highest BCUT2D eigenvalue weighted by Crippen LogP contribution is 2.32. The van der Waals surface area contributed by atoms with Crippen molar-refractivity contribution in [3.8, 4) is 0 Å². The Morgan fingerprint density at radius 1 is 0.938 bits per heavy atom. The Bertz CT molecular complexity index is 186. The molecule has 1 aliphatic carbocycles. The first kappa shape index (κ1) is 12.4. The molecule has 0 aromatic rings. The molecule has 2 rings (SSSR count). The second kappa shape index (κ2) is 6.05. The topological polar surface area (TPSA) is 3.24 Å². The quantitative estimate of drug-likeness (QED) is 0.697. The number of hydrogen-bond donors (Lipinski definition) is 0. The van der Waals surface area contributed by atoms with Crippen molar-refractivity contribution in [2.75, 3.05) is 13.1 Å². The molecule has 1 heterocycles. The molecule has 1 heteroatoms. The Balaban J connectivity index is 1.71. The van der Waals surface area contributed by atoms with Crippen LogP contribution in [0.3, 0.4) is 0 Å². The van der Waals surface area contributed by atoms with E-state index in [-0.39, 0.29) is 0 Å². The third-order valence-corrected chi connectivity index (χ3v) is 4.53. The normalized spacial score (nSPS) is 33.2. The van der Waals surface area contributed by atoms with Gasteiger partial charge in [0.25, 0.3) is 0 Å². The molecule has 0 unspecified atom stereocenters. The van der Waals surface area contributed by atoms with Crippen LogP contribution in [0.4, 0.5) is 0 Å². The van der Waals surface area contributed by atoms with E-state index in [9.17, 15) is 0 Å². The molecule has 2 fully saturated rings. The minimum absolute atomic E-state index is 0.900. The fourth-order valence-corrected chi connectivity index (χ4v) is 3.70. The molecule has 0 atom stereocenters. The van der Waals surface area contributed by atoms with Gasteiger partial charge in [-0.25, -0.2) is 0 Å². The molecule has 0 aromatic heterocycles. The van der Waals surface area contributed by atoms with Gasteiger partial charge in [-0.2, -0.15) is 0 Å². The molecule has 0 amide bonds. The highest BCUT2D eigenvalue weighted by atomic mass is 15.2. The summed E-state index contributed by atoms with van der Waals surface area (Å²) in [6, 6.07) is 0.948. The molecule has 1 aliphatic heterocycles. The number of nitrogens with zero attached hydrogens (tertiary/aromatic N) is 1. The van der Waals surface area contributed by atoms with Crippen LogP contribution in [0, 0.1) is 11.8 Å². The SMILES string of the molecule is CC(C)CC1CCC(N2CCCCC2)CC1. The lowest BCUT2D eigenvalue weighted by Gasteiger charge is -2.39. The van der Waals surface area contributed by atoms with Gasteiger partial charge in [0.2, 0.25) is 0 Å². The first-order valence-corrected chi connectivity index (χ1v) is 7.49. The highest BCUT2D eigenvalue weighted by Gasteiger charge is 2.26. The summed E-state index contributed by atoms with van der Waals surface area (Å²) in [5.41, 5.74) is 0. The van der Waals surface area contributed by atoms with Crippen molar-refractivity contribution in [1.29, 1.82) is 0 Å². The molecule has 1 nitrogen and oxygen atoms in total. The number of piperidine rings is 1. The fourth-order valence-electron chi connectivity index (χ4n) is 3.70. The lowest BCUT2D eigenvalue weighted by atomic mass is 9.80. The first-order valence-electron chi connectivity index (χ1n) is 7.49. The lowest BCUT2D eigenvalue weighted by molar-refractivity contribution is 0.110. The van der Waals surface area contributed by atoms with E-state index in [4.69, 9.17) is 0 Å². The lowest BCUT2D eigenvalue weighted by Crippen LogP contribution is -2.41. The zero-order valence-electron chi connectivity index (χ0n) is 11.3.